The van der Waals surface area contributed by atoms with Gasteiger partial charge in [-0.05, 0) is 65.2 Å². The summed E-state index contributed by atoms with van der Waals surface area (Å²) in [6.07, 6.45) is 0. The first-order valence-electron chi connectivity index (χ1n) is 17.4. The topological polar surface area (TPSA) is 8.17 Å². The molecule has 0 aliphatic carbocycles. The largest absolute Gasteiger partial charge is 0.309 e. The van der Waals surface area contributed by atoms with Gasteiger partial charge in [0.15, 0.2) is 0 Å². The molecule has 240 valence electrons. The second-order valence-electron chi connectivity index (χ2n) is 12.9. The number of anilines is 3. The highest BCUT2D eigenvalue weighted by atomic mass is 32.1. The molecule has 10 aromatic rings. The van der Waals surface area contributed by atoms with Gasteiger partial charge in [-0.1, -0.05) is 146 Å². The van der Waals surface area contributed by atoms with Crippen molar-refractivity contribution < 1.29 is 0 Å². The van der Waals surface area contributed by atoms with Crippen LogP contribution in [0.15, 0.2) is 194 Å². The fraction of sp³-hybridized carbons (Fsp3) is 0. The Labute approximate surface area is 300 Å². The van der Waals surface area contributed by atoms with Gasteiger partial charge in [0.2, 0.25) is 0 Å². The van der Waals surface area contributed by atoms with E-state index in [1.54, 1.807) is 0 Å². The Bertz CT molecular complexity index is 2850. The molecular weight excluding hydrogens is 637 g/mol. The van der Waals surface area contributed by atoms with E-state index in [1.165, 1.54) is 69.9 Å². The lowest BCUT2D eigenvalue weighted by atomic mass is 9.98. The van der Waals surface area contributed by atoms with Crippen molar-refractivity contribution in [2.24, 2.45) is 0 Å². The quantitative estimate of drug-likeness (QED) is 0.171. The number of rotatable bonds is 6. The van der Waals surface area contributed by atoms with Gasteiger partial charge in [0.05, 0.1) is 27.1 Å². The van der Waals surface area contributed by atoms with Crippen molar-refractivity contribution in [3.8, 4) is 27.9 Å². The van der Waals surface area contributed by atoms with Crippen molar-refractivity contribution in [2.45, 2.75) is 0 Å². The first-order chi connectivity index (χ1) is 25.3. The molecule has 51 heavy (non-hydrogen) atoms. The van der Waals surface area contributed by atoms with E-state index >= 15 is 0 Å². The minimum atomic E-state index is 1.11. The van der Waals surface area contributed by atoms with E-state index in [1.807, 2.05) is 11.3 Å². The van der Waals surface area contributed by atoms with Crippen LogP contribution in [0.3, 0.4) is 0 Å². The van der Waals surface area contributed by atoms with Crippen molar-refractivity contribution in [3.05, 3.63) is 194 Å². The zero-order valence-electron chi connectivity index (χ0n) is 27.8. The Morgan fingerprint density at radius 1 is 0.392 bits per heavy atom. The maximum atomic E-state index is 2.48. The molecule has 0 saturated carbocycles. The average molecular weight is 669 g/mol. The smallest absolute Gasteiger partial charge is 0.0640 e. The molecule has 10 rings (SSSR count). The maximum absolute atomic E-state index is 2.48. The summed E-state index contributed by atoms with van der Waals surface area (Å²) in [6, 6.07) is 70.4. The summed E-state index contributed by atoms with van der Waals surface area (Å²) in [5.41, 5.74) is 11.7. The van der Waals surface area contributed by atoms with Gasteiger partial charge in [0.1, 0.15) is 0 Å². The van der Waals surface area contributed by atoms with Gasteiger partial charge < -0.3 is 9.47 Å². The van der Waals surface area contributed by atoms with Crippen LogP contribution in [-0.2, 0) is 0 Å². The number of benzene rings is 8. The highest BCUT2D eigenvalue weighted by molar-refractivity contribution is 7.26. The second-order valence-corrected chi connectivity index (χ2v) is 14.0. The molecule has 0 fully saturated rings. The number of para-hydroxylation sites is 3. The maximum Gasteiger partial charge on any atom is 0.0640 e. The fourth-order valence-corrected chi connectivity index (χ4v) is 8.86. The van der Waals surface area contributed by atoms with E-state index < -0.39 is 0 Å². The normalized spacial score (nSPS) is 11.5. The van der Waals surface area contributed by atoms with E-state index in [-0.39, 0.29) is 0 Å². The van der Waals surface area contributed by atoms with Crippen LogP contribution in [0.5, 0.6) is 0 Å². The van der Waals surface area contributed by atoms with E-state index in [9.17, 15) is 0 Å². The predicted octanol–water partition coefficient (Wildman–Crippen LogP) is 14.0. The molecule has 8 aromatic carbocycles. The summed E-state index contributed by atoms with van der Waals surface area (Å²) < 4.78 is 4.97. The SMILES string of the molecule is c1ccc(-c2ccc(-c3ccccc3N(c3ccc4c5ccccc5n(-c5ccccc5)c4c3)c3cccc4c3sc3ccccc34)cc2)cc1. The fourth-order valence-electron chi connectivity index (χ4n) is 7.66. The zero-order valence-corrected chi connectivity index (χ0v) is 28.6. The van der Waals surface area contributed by atoms with Crippen molar-refractivity contribution in [1.29, 1.82) is 0 Å². The van der Waals surface area contributed by atoms with Crippen LogP contribution in [0.1, 0.15) is 0 Å². The first-order valence-corrected chi connectivity index (χ1v) is 18.2. The van der Waals surface area contributed by atoms with Crippen molar-refractivity contribution in [3.63, 3.8) is 0 Å². The molecule has 0 unspecified atom stereocenters. The molecule has 0 amide bonds. The summed E-state index contributed by atoms with van der Waals surface area (Å²) in [5.74, 6) is 0. The summed E-state index contributed by atoms with van der Waals surface area (Å²) in [4.78, 5) is 2.48. The highest BCUT2D eigenvalue weighted by Crippen LogP contribution is 2.48. The molecule has 0 aliphatic heterocycles. The van der Waals surface area contributed by atoms with Crippen LogP contribution in [-0.4, -0.2) is 4.57 Å². The van der Waals surface area contributed by atoms with Crippen LogP contribution in [0, 0.1) is 0 Å². The summed E-state index contributed by atoms with van der Waals surface area (Å²) in [5, 5.41) is 5.06. The van der Waals surface area contributed by atoms with Gasteiger partial charge in [-0.2, -0.15) is 0 Å². The zero-order chi connectivity index (χ0) is 33.7. The Hall–Kier alpha value is -6.42. The minimum absolute atomic E-state index is 1.11. The van der Waals surface area contributed by atoms with E-state index in [2.05, 4.69) is 204 Å². The van der Waals surface area contributed by atoms with Gasteiger partial charge in [-0.25, -0.2) is 0 Å². The molecule has 2 nitrogen and oxygen atoms in total. The number of nitrogens with zero attached hydrogens (tertiary/aromatic N) is 2. The number of aromatic nitrogens is 1. The molecule has 0 N–H and O–H groups in total. The number of thiophene rings is 1. The van der Waals surface area contributed by atoms with Crippen LogP contribution in [0.25, 0.3) is 69.9 Å². The van der Waals surface area contributed by atoms with E-state index in [4.69, 9.17) is 0 Å². The van der Waals surface area contributed by atoms with Crippen LogP contribution in [0.4, 0.5) is 17.1 Å². The van der Waals surface area contributed by atoms with Crippen LogP contribution >= 0.6 is 11.3 Å². The van der Waals surface area contributed by atoms with Crippen molar-refractivity contribution >= 4 is 70.4 Å². The molecule has 0 radical (unpaired) electrons. The van der Waals surface area contributed by atoms with Gasteiger partial charge in [0.25, 0.3) is 0 Å². The summed E-state index contributed by atoms with van der Waals surface area (Å²) in [6.45, 7) is 0. The molecule has 0 saturated heterocycles. The Morgan fingerprint density at radius 2 is 1.00 bits per heavy atom. The third-order valence-electron chi connectivity index (χ3n) is 10.0. The third kappa shape index (κ3) is 4.93. The van der Waals surface area contributed by atoms with E-state index in [0.29, 0.717) is 0 Å². The van der Waals surface area contributed by atoms with Crippen molar-refractivity contribution in [1.82, 2.24) is 4.57 Å². The lowest BCUT2D eigenvalue weighted by molar-refractivity contribution is 1.18. The van der Waals surface area contributed by atoms with E-state index in [0.717, 1.165) is 17.1 Å². The summed E-state index contributed by atoms with van der Waals surface area (Å²) >= 11 is 1.87. The molecule has 0 atom stereocenters. The third-order valence-corrected chi connectivity index (χ3v) is 11.2. The highest BCUT2D eigenvalue weighted by Gasteiger charge is 2.22. The van der Waals surface area contributed by atoms with Crippen LogP contribution < -0.4 is 4.90 Å². The second kappa shape index (κ2) is 12.2. The van der Waals surface area contributed by atoms with Gasteiger partial charge in [0, 0.05) is 43.2 Å². The lowest BCUT2D eigenvalue weighted by Gasteiger charge is -2.28. The molecule has 3 heteroatoms. The lowest BCUT2D eigenvalue weighted by Crippen LogP contribution is -2.11. The Kier molecular flexibility index (Phi) is 7.04. The van der Waals surface area contributed by atoms with Gasteiger partial charge in [-0.3, -0.25) is 0 Å². The van der Waals surface area contributed by atoms with Crippen molar-refractivity contribution in [2.75, 3.05) is 4.90 Å². The minimum Gasteiger partial charge on any atom is -0.309 e. The van der Waals surface area contributed by atoms with Gasteiger partial charge >= 0.3 is 0 Å². The van der Waals surface area contributed by atoms with Gasteiger partial charge in [-0.15, -0.1) is 11.3 Å². The molecule has 2 heterocycles. The standard InChI is InChI=1S/C48H32N2S/c1-3-14-33(15-4-1)34-26-28-35(29-27-34)38-18-7-10-22-43(38)50(45-24-13-21-42-41-20-9-12-25-47(41)51-48(42)45)37-30-31-40-39-19-8-11-23-44(39)49(46(40)32-37)36-16-5-2-6-17-36/h1-32H. The Morgan fingerprint density at radius 3 is 1.84 bits per heavy atom. The monoisotopic (exact) mass is 668 g/mol. The first kappa shape index (κ1) is 29.5. The number of fused-ring (bicyclic) bond motifs is 6. The average Bonchev–Trinajstić information content (AvgIpc) is 3.75. The van der Waals surface area contributed by atoms with Crippen LogP contribution in [0.2, 0.25) is 0 Å². The number of hydrogen-bond donors (Lipinski definition) is 0. The molecule has 2 aromatic heterocycles. The molecular formula is C48H32N2S. The Balaban J connectivity index is 1.24. The molecule has 0 bridgehead atoms. The summed E-state index contributed by atoms with van der Waals surface area (Å²) in [7, 11) is 0. The predicted molar refractivity (Wildman–Crippen MR) is 219 cm³/mol. The molecule has 0 spiro atoms. The number of hydrogen-bond acceptors (Lipinski definition) is 2. The molecule has 0 aliphatic rings.